The standard InChI is InChI=1S/C18H35N5O2.HI/c1-5-19-18(23-8-6-22(7-9-23)16(4)24)20-12-17-14-21(10-11-25-17)13-15(2)3;/h15,17H,5-14H2,1-4H3,(H,19,20);1H. The summed E-state index contributed by atoms with van der Waals surface area (Å²) in [5.74, 6) is 1.77. The van der Waals surface area contributed by atoms with Crippen LogP contribution in [0.4, 0.5) is 0 Å². The molecule has 1 N–H and O–H groups in total. The number of rotatable bonds is 5. The topological polar surface area (TPSA) is 60.4 Å². The van der Waals surface area contributed by atoms with E-state index in [1.165, 1.54) is 0 Å². The van der Waals surface area contributed by atoms with Gasteiger partial charge in [-0.3, -0.25) is 14.7 Å². The number of halogens is 1. The molecule has 152 valence electrons. The lowest BCUT2D eigenvalue weighted by atomic mass is 10.2. The van der Waals surface area contributed by atoms with E-state index < -0.39 is 0 Å². The van der Waals surface area contributed by atoms with Crippen molar-refractivity contribution in [1.82, 2.24) is 20.0 Å². The Morgan fingerprint density at radius 2 is 1.85 bits per heavy atom. The second-order valence-electron chi connectivity index (χ2n) is 7.33. The zero-order valence-corrected chi connectivity index (χ0v) is 19.1. The van der Waals surface area contributed by atoms with Gasteiger partial charge in [0.25, 0.3) is 0 Å². The van der Waals surface area contributed by atoms with Gasteiger partial charge in [-0.05, 0) is 12.8 Å². The van der Waals surface area contributed by atoms with E-state index in [0.29, 0.717) is 12.5 Å². The molecule has 2 aliphatic rings. The van der Waals surface area contributed by atoms with Gasteiger partial charge in [-0.15, -0.1) is 24.0 Å². The van der Waals surface area contributed by atoms with E-state index in [2.05, 4.69) is 35.9 Å². The first-order valence-electron chi connectivity index (χ1n) is 9.62. The third kappa shape index (κ3) is 7.56. The minimum Gasteiger partial charge on any atom is -0.374 e. The van der Waals surface area contributed by atoms with Crippen LogP contribution in [-0.4, -0.2) is 98.2 Å². The first-order chi connectivity index (χ1) is 12.0. The Labute approximate surface area is 175 Å². The SMILES string of the molecule is CCNC(=NCC1CN(CC(C)C)CCO1)N1CCN(C(C)=O)CC1.I. The summed E-state index contributed by atoms with van der Waals surface area (Å²) in [7, 11) is 0. The van der Waals surface area contributed by atoms with E-state index in [9.17, 15) is 4.79 Å². The number of piperazine rings is 1. The number of carbonyl (C=O) groups excluding carboxylic acids is 1. The molecule has 0 aliphatic carbocycles. The van der Waals surface area contributed by atoms with Crippen LogP contribution in [0.25, 0.3) is 0 Å². The maximum absolute atomic E-state index is 11.5. The molecule has 0 aromatic carbocycles. The van der Waals surface area contributed by atoms with E-state index >= 15 is 0 Å². The first kappa shape index (κ1) is 23.4. The lowest BCUT2D eigenvalue weighted by Gasteiger charge is -2.36. The highest BCUT2D eigenvalue weighted by molar-refractivity contribution is 14.0. The summed E-state index contributed by atoms with van der Waals surface area (Å²) in [4.78, 5) is 22.9. The Hall–Kier alpha value is -0.610. The lowest BCUT2D eigenvalue weighted by molar-refractivity contribution is -0.130. The maximum Gasteiger partial charge on any atom is 0.219 e. The van der Waals surface area contributed by atoms with E-state index in [1.54, 1.807) is 6.92 Å². The molecule has 0 saturated carbocycles. The minimum atomic E-state index is 0. The maximum atomic E-state index is 11.5. The van der Waals surface area contributed by atoms with Crippen LogP contribution in [0.2, 0.25) is 0 Å². The molecule has 0 aromatic heterocycles. The first-order valence-corrected chi connectivity index (χ1v) is 9.62. The molecule has 0 spiro atoms. The highest BCUT2D eigenvalue weighted by Gasteiger charge is 2.23. The fourth-order valence-corrected chi connectivity index (χ4v) is 3.42. The molecule has 1 amide bonds. The van der Waals surface area contributed by atoms with Crippen LogP contribution in [0.1, 0.15) is 27.7 Å². The van der Waals surface area contributed by atoms with Gasteiger partial charge < -0.3 is 19.9 Å². The van der Waals surface area contributed by atoms with Crippen LogP contribution in [0.15, 0.2) is 4.99 Å². The number of morpholine rings is 1. The third-order valence-corrected chi connectivity index (χ3v) is 4.65. The average Bonchev–Trinajstić information content (AvgIpc) is 2.58. The third-order valence-electron chi connectivity index (χ3n) is 4.65. The molecule has 0 radical (unpaired) electrons. The van der Waals surface area contributed by atoms with Crippen LogP contribution < -0.4 is 5.32 Å². The normalized spacial score (nSPS) is 22.3. The average molecular weight is 481 g/mol. The zero-order chi connectivity index (χ0) is 18.2. The molecule has 0 bridgehead atoms. The van der Waals surface area contributed by atoms with Crippen LogP contribution in [-0.2, 0) is 9.53 Å². The molecule has 2 saturated heterocycles. The number of hydrogen-bond acceptors (Lipinski definition) is 4. The number of hydrogen-bond donors (Lipinski definition) is 1. The number of nitrogens with one attached hydrogen (secondary N) is 1. The van der Waals surface area contributed by atoms with Gasteiger partial charge in [0, 0.05) is 59.3 Å². The lowest BCUT2D eigenvalue weighted by Crippen LogP contribution is -2.53. The Bertz CT molecular complexity index is 453. The Balaban J connectivity index is 0.00000338. The highest BCUT2D eigenvalue weighted by Crippen LogP contribution is 2.09. The van der Waals surface area contributed by atoms with Crippen molar-refractivity contribution in [3.63, 3.8) is 0 Å². The van der Waals surface area contributed by atoms with Gasteiger partial charge in [-0.2, -0.15) is 0 Å². The van der Waals surface area contributed by atoms with Crippen molar-refractivity contribution < 1.29 is 9.53 Å². The van der Waals surface area contributed by atoms with E-state index in [0.717, 1.165) is 64.9 Å². The van der Waals surface area contributed by atoms with Gasteiger partial charge in [-0.1, -0.05) is 13.8 Å². The van der Waals surface area contributed by atoms with Crippen LogP contribution in [0.5, 0.6) is 0 Å². The summed E-state index contributed by atoms with van der Waals surface area (Å²) in [6.07, 6.45) is 0.166. The zero-order valence-electron chi connectivity index (χ0n) is 16.7. The van der Waals surface area contributed by atoms with Crippen LogP contribution >= 0.6 is 24.0 Å². The largest absolute Gasteiger partial charge is 0.374 e. The Morgan fingerprint density at radius 3 is 2.42 bits per heavy atom. The number of guanidine groups is 1. The van der Waals surface area contributed by atoms with E-state index in [4.69, 9.17) is 9.73 Å². The van der Waals surface area contributed by atoms with Gasteiger partial charge in [0.2, 0.25) is 5.91 Å². The van der Waals surface area contributed by atoms with Crippen molar-refractivity contribution in [3.8, 4) is 0 Å². The molecule has 1 atom stereocenters. The van der Waals surface area contributed by atoms with Crippen molar-refractivity contribution in [3.05, 3.63) is 0 Å². The second-order valence-corrected chi connectivity index (χ2v) is 7.33. The second kappa shape index (κ2) is 12.0. The molecule has 2 aliphatic heterocycles. The molecule has 26 heavy (non-hydrogen) atoms. The summed E-state index contributed by atoms with van der Waals surface area (Å²) in [6.45, 7) is 16.8. The summed E-state index contributed by atoms with van der Waals surface area (Å²) in [5, 5.41) is 3.38. The molecule has 1 unspecified atom stereocenters. The van der Waals surface area contributed by atoms with Crippen LogP contribution in [0.3, 0.4) is 0 Å². The summed E-state index contributed by atoms with van der Waals surface area (Å²) >= 11 is 0. The van der Waals surface area contributed by atoms with Crippen molar-refractivity contribution in [1.29, 1.82) is 0 Å². The van der Waals surface area contributed by atoms with E-state index in [1.807, 2.05) is 4.90 Å². The highest BCUT2D eigenvalue weighted by atomic mass is 127. The number of nitrogens with zero attached hydrogens (tertiary/aromatic N) is 4. The van der Waals surface area contributed by atoms with E-state index in [-0.39, 0.29) is 36.0 Å². The van der Waals surface area contributed by atoms with Crippen LogP contribution in [0, 0.1) is 5.92 Å². The van der Waals surface area contributed by atoms with Gasteiger partial charge in [0.1, 0.15) is 0 Å². The van der Waals surface area contributed by atoms with Crippen molar-refractivity contribution in [2.75, 3.05) is 65.5 Å². The fourth-order valence-electron chi connectivity index (χ4n) is 3.42. The predicted octanol–water partition coefficient (Wildman–Crippen LogP) is 1.09. The quantitative estimate of drug-likeness (QED) is 0.362. The monoisotopic (exact) mass is 481 g/mol. The molecular weight excluding hydrogens is 445 g/mol. The Morgan fingerprint density at radius 1 is 1.19 bits per heavy atom. The predicted molar refractivity (Wildman–Crippen MR) is 116 cm³/mol. The Kier molecular flexibility index (Phi) is 10.8. The number of carbonyl (C=O) groups is 1. The molecular formula is C18H36IN5O2. The number of aliphatic imine (C=N–C) groups is 1. The van der Waals surface area contributed by atoms with Crippen molar-refractivity contribution in [2.45, 2.75) is 33.8 Å². The molecule has 2 heterocycles. The van der Waals surface area contributed by atoms with Gasteiger partial charge in [-0.25, -0.2) is 0 Å². The van der Waals surface area contributed by atoms with Gasteiger partial charge in [0.15, 0.2) is 5.96 Å². The van der Waals surface area contributed by atoms with Crippen molar-refractivity contribution in [2.24, 2.45) is 10.9 Å². The molecule has 2 rings (SSSR count). The molecule has 2 fully saturated rings. The summed E-state index contributed by atoms with van der Waals surface area (Å²) in [5.41, 5.74) is 0. The fraction of sp³-hybridized carbons (Fsp3) is 0.889. The van der Waals surface area contributed by atoms with Gasteiger partial charge >= 0.3 is 0 Å². The summed E-state index contributed by atoms with van der Waals surface area (Å²) < 4.78 is 5.91. The van der Waals surface area contributed by atoms with Gasteiger partial charge in [0.05, 0.1) is 19.3 Å². The molecule has 7 nitrogen and oxygen atoms in total. The summed E-state index contributed by atoms with van der Waals surface area (Å²) in [6, 6.07) is 0. The number of ether oxygens (including phenoxy) is 1. The number of amides is 1. The van der Waals surface area contributed by atoms with Crippen molar-refractivity contribution >= 4 is 35.8 Å². The minimum absolute atomic E-state index is 0. The smallest absolute Gasteiger partial charge is 0.219 e. The molecule has 0 aromatic rings. The molecule has 8 heteroatoms.